The van der Waals surface area contributed by atoms with E-state index in [0.717, 1.165) is 11.1 Å². The van der Waals surface area contributed by atoms with Gasteiger partial charge in [0.2, 0.25) is 17.7 Å². The summed E-state index contributed by atoms with van der Waals surface area (Å²) in [5, 5.41) is 16.6. The largest absolute Gasteiger partial charge is 0.394 e. The molecule has 3 aliphatic heterocycles. The predicted octanol–water partition coefficient (Wildman–Crippen LogP) is 4.36. The minimum Gasteiger partial charge on any atom is -0.394 e. The molecule has 212 valence electrons. The van der Waals surface area contributed by atoms with Crippen LogP contribution in [0.5, 0.6) is 0 Å². The van der Waals surface area contributed by atoms with Crippen molar-refractivity contribution in [1.82, 2.24) is 4.90 Å². The summed E-state index contributed by atoms with van der Waals surface area (Å²) in [4.78, 5) is 43.8. The SMILES string of the molecule is Cc1ccc(C)c(NC(=O)C2N([C@H](CO)c3ccccc3)C(=O)[C@@H]3[C@H](C(=O)Nc4ccccc4)[C@H]4OC23CC4Br)c1. The van der Waals surface area contributed by atoms with E-state index in [0.29, 0.717) is 23.4 Å². The Hall–Kier alpha value is -3.53. The molecule has 0 radical (unpaired) electrons. The number of aliphatic hydroxyl groups is 1. The normalized spacial score (nSPS) is 28.8. The highest BCUT2D eigenvalue weighted by molar-refractivity contribution is 9.09. The molecule has 3 heterocycles. The lowest BCUT2D eigenvalue weighted by Gasteiger charge is -2.37. The first-order chi connectivity index (χ1) is 19.7. The number of benzene rings is 3. The molecule has 3 amide bonds. The van der Waals surface area contributed by atoms with Crippen LogP contribution in [-0.4, -0.2) is 56.9 Å². The van der Waals surface area contributed by atoms with Crippen LogP contribution in [0.3, 0.4) is 0 Å². The van der Waals surface area contributed by atoms with Crippen molar-refractivity contribution in [2.24, 2.45) is 11.8 Å². The van der Waals surface area contributed by atoms with Gasteiger partial charge in [0.25, 0.3) is 0 Å². The Balaban J connectivity index is 1.43. The van der Waals surface area contributed by atoms with Crippen LogP contribution < -0.4 is 10.6 Å². The van der Waals surface area contributed by atoms with Crippen LogP contribution >= 0.6 is 15.9 Å². The van der Waals surface area contributed by atoms with Crippen molar-refractivity contribution in [3.05, 3.63) is 95.6 Å². The smallest absolute Gasteiger partial charge is 0.250 e. The van der Waals surface area contributed by atoms with Crippen molar-refractivity contribution in [2.75, 3.05) is 17.2 Å². The number of halogens is 1. The summed E-state index contributed by atoms with van der Waals surface area (Å²) in [6.45, 7) is 3.46. The van der Waals surface area contributed by atoms with Crippen molar-refractivity contribution < 1.29 is 24.2 Å². The molecule has 3 saturated heterocycles. The highest BCUT2D eigenvalue weighted by Crippen LogP contribution is 2.61. The predicted molar refractivity (Wildman–Crippen MR) is 158 cm³/mol. The minimum atomic E-state index is -1.25. The Labute approximate surface area is 247 Å². The third-order valence-corrected chi connectivity index (χ3v) is 9.51. The van der Waals surface area contributed by atoms with Gasteiger partial charge in [-0.05, 0) is 55.2 Å². The molecule has 2 bridgehead atoms. The van der Waals surface area contributed by atoms with Crippen LogP contribution in [0.1, 0.15) is 29.2 Å². The van der Waals surface area contributed by atoms with E-state index in [2.05, 4.69) is 26.6 Å². The van der Waals surface area contributed by atoms with Crippen LogP contribution in [-0.2, 0) is 19.1 Å². The fraction of sp³-hybridized carbons (Fsp3) is 0.344. The van der Waals surface area contributed by atoms with Crippen molar-refractivity contribution >= 4 is 45.0 Å². The van der Waals surface area contributed by atoms with Crippen molar-refractivity contribution in [2.45, 2.75) is 48.9 Å². The molecule has 3 aromatic rings. The van der Waals surface area contributed by atoms with Crippen LogP contribution in [0.25, 0.3) is 0 Å². The van der Waals surface area contributed by atoms with Gasteiger partial charge in [0.15, 0.2) is 0 Å². The summed E-state index contributed by atoms with van der Waals surface area (Å²) in [5.74, 6) is -2.83. The van der Waals surface area contributed by atoms with E-state index in [-0.39, 0.29) is 16.6 Å². The van der Waals surface area contributed by atoms with Gasteiger partial charge in [-0.15, -0.1) is 0 Å². The molecule has 6 rings (SSSR count). The third kappa shape index (κ3) is 4.56. The van der Waals surface area contributed by atoms with E-state index in [1.54, 1.807) is 12.1 Å². The quantitative estimate of drug-likeness (QED) is 0.341. The Morgan fingerprint density at radius 3 is 2.39 bits per heavy atom. The standard InChI is InChI=1S/C32H32BrN3O5/c1-18-13-14-19(2)23(15-18)35-30(39)28-32-16-22(33)27(41-32)25(29(38)34-21-11-7-4-8-12-21)26(32)31(40)36(28)24(17-37)20-9-5-3-6-10-20/h3-15,22,24-28,37H,16-17H2,1-2H3,(H,34,38)(H,35,39)/t22?,24-,25+,26+,27+,28?,32?/m1/s1. The molecule has 3 aliphatic rings. The van der Waals surface area contributed by atoms with Gasteiger partial charge in [-0.2, -0.15) is 0 Å². The van der Waals surface area contributed by atoms with Crippen molar-refractivity contribution in [3.8, 4) is 0 Å². The van der Waals surface area contributed by atoms with Crippen LogP contribution in [0.15, 0.2) is 78.9 Å². The van der Waals surface area contributed by atoms with E-state index >= 15 is 0 Å². The van der Waals surface area contributed by atoms with Gasteiger partial charge in [-0.25, -0.2) is 0 Å². The van der Waals surface area contributed by atoms with Crippen LogP contribution in [0.2, 0.25) is 0 Å². The first kappa shape index (κ1) is 27.6. The van der Waals surface area contributed by atoms with Gasteiger partial charge < -0.3 is 25.4 Å². The van der Waals surface area contributed by atoms with E-state index in [4.69, 9.17) is 4.74 Å². The maximum Gasteiger partial charge on any atom is 0.250 e. The number of fused-ring (bicyclic) bond motifs is 1. The Kier molecular flexibility index (Phi) is 7.21. The molecule has 7 atom stereocenters. The number of nitrogens with one attached hydrogen (secondary N) is 2. The number of rotatable bonds is 7. The lowest BCUT2D eigenvalue weighted by Crippen LogP contribution is -2.55. The Bertz CT molecular complexity index is 1490. The number of amides is 3. The molecule has 41 heavy (non-hydrogen) atoms. The molecule has 3 aromatic carbocycles. The highest BCUT2D eigenvalue weighted by atomic mass is 79.9. The van der Waals surface area contributed by atoms with Gasteiger partial charge in [0.1, 0.15) is 11.6 Å². The zero-order valence-electron chi connectivity index (χ0n) is 22.8. The van der Waals surface area contributed by atoms with Gasteiger partial charge >= 0.3 is 0 Å². The van der Waals surface area contributed by atoms with Gasteiger partial charge in [0.05, 0.1) is 30.6 Å². The number of para-hydroxylation sites is 1. The summed E-state index contributed by atoms with van der Waals surface area (Å²) in [5.41, 5.74) is 2.56. The average molecular weight is 619 g/mol. The Morgan fingerprint density at radius 1 is 1.02 bits per heavy atom. The number of nitrogens with zero attached hydrogens (tertiary/aromatic N) is 1. The molecule has 0 saturated carbocycles. The molecular weight excluding hydrogens is 586 g/mol. The molecular formula is C32H32BrN3O5. The van der Waals surface area contributed by atoms with E-state index in [9.17, 15) is 19.5 Å². The molecule has 1 spiro atoms. The number of anilines is 2. The van der Waals surface area contributed by atoms with Crippen LogP contribution in [0, 0.1) is 25.7 Å². The summed E-state index contributed by atoms with van der Waals surface area (Å²) < 4.78 is 6.61. The maximum atomic E-state index is 14.5. The number of hydrogen-bond acceptors (Lipinski definition) is 5. The summed E-state index contributed by atoms with van der Waals surface area (Å²) >= 11 is 3.71. The summed E-state index contributed by atoms with van der Waals surface area (Å²) in [6.07, 6.45) is -0.215. The molecule has 0 aliphatic carbocycles. The highest BCUT2D eigenvalue weighted by Gasteiger charge is 2.77. The summed E-state index contributed by atoms with van der Waals surface area (Å²) in [6, 6.07) is 22.1. The molecule has 9 heteroatoms. The average Bonchev–Trinajstić information content (AvgIpc) is 3.56. The first-order valence-corrected chi connectivity index (χ1v) is 14.7. The van der Waals surface area contributed by atoms with Gasteiger partial charge in [0, 0.05) is 16.2 Å². The lowest BCUT2D eigenvalue weighted by molar-refractivity contribution is -0.143. The van der Waals surface area contributed by atoms with Crippen molar-refractivity contribution in [3.63, 3.8) is 0 Å². The van der Waals surface area contributed by atoms with E-state index in [1.165, 1.54) is 4.90 Å². The molecule has 3 unspecified atom stereocenters. The minimum absolute atomic E-state index is 0.238. The van der Waals surface area contributed by atoms with Crippen molar-refractivity contribution in [1.29, 1.82) is 0 Å². The monoisotopic (exact) mass is 617 g/mol. The second kappa shape index (κ2) is 10.7. The molecule has 8 nitrogen and oxygen atoms in total. The second-order valence-corrected chi connectivity index (χ2v) is 12.4. The number of hydrogen-bond donors (Lipinski definition) is 3. The van der Waals surface area contributed by atoms with E-state index < -0.39 is 48.1 Å². The Morgan fingerprint density at radius 2 is 1.71 bits per heavy atom. The van der Waals surface area contributed by atoms with Crippen LogP contribution in [0.4, 0.5) is 11.4 Å². The number of carbonyl (C=O) groups excluding carboxylic acids is 3. The second-order valence-electron chi connectivity index (χ2n) is 11.2. The van der Waals surface area contributed by atoms with Gasteiger partial charge in [-0.1, -0.05) is 76.6 Å². The maximum absolute atomic E-state index is 14.5. The van der Waals surface area contributed by atoms with Gasteiger partial charge in [-0.3, -0.25) is 14.4 Å². The zero-order valence-corrected chi connectivity index (χ0v) is 24.4. The topological polar surface area (TPSA) is 108 Å². The number of carbonyl (C=O) groups is 3. The number of likely N-dealkylation sites (tertiary alicyclic amines) is 1. The number of ether oxygens (including phenoxy) is 1. The molecule has 3 fully saturated rings. The summed E-state index contributed by atoms with van der Waals surface area (Å²) in [7, 11) is 0. The molecule has 0 aromatic heterocycles. The first-order valence-electron chi connectivity index (χ1n) is 13.8. The lowest BCUT2D eigenvalue weighted by atomic mass is 9.70. The van der Waals surface area contributed by atoms with E-state index in [1.807, 2.05) is 80.6 Å². The zero-order chi connectivity index (χ0) is 28.9. The third-order valence-electron chi connectivity index (χ3n) is 8.66. The number of alkyl halides is 1. The fourth-order valence-corrected chi connectivity index (χ4v) is 7.79. The fourth-order valence-electron chi connectivity index (χ4n) is 6.85. The number of aryl methyl sites for hydroxylation is 2. The molecule has 3 N–H and O–H groups in total. The number of aliphatic hydroxyl groups excluding tert-OH is 1.